The second-order valence-electron chi connectivity index (χ2n) is 6.71. The molecule has 0 aliphatic heterocycles. The second-order valence-corrected chi connectivity index (χ2v) is 6.71. The largest absolute Gasteiger partial charge is 0.573 e. The van der Waals surface area contributed by atoms with Gasteiger partial charge in [0, 0.05) is 35.3 Å². The topological polar surface area (TPSA) is 59.9 Å². The summed E-state index contributed by atoms with van der Waals surface area (Å²) in [5, 5.41) is 3.08. The Morgan fingerprint density at radius 1 is 0.806 bits per heavy atom. The van der Waals surface area contributed by atoms with Crippen LogP contribution in [-0.4, -0.2) is 21.3 Å². The predicted molar refractivity (Wildman–Crippen MR) is 112 cm³/mol. The van der Waals surface area contributed by atoms with E-state index in [1.807, 2.05) is 36.4 Å². The molecule has 0 atom stereocenters. The fraction of sp³-hybridized carbons (Fsp3) is 0.0870. The molecule has 156 valence electrons. The van der Waals surface area contributed by atoms with Gasteiger partial charge in [0.2, 0.25) is 0 Å². The van der Waals surface area contributed by atoms with Gasteiger partial charge in [-0.25, -0.2) is 9.97 Å². The number of hydrogen-bond donors (Lipinski definition) is 1. The zero-order valence-electron chi connectivity index (χ0n) is 16.4. The Hall–Kier alpha value is -3.94. The van der Waals surface area contributed by atoms with Crippen molar-refractivity contribution in [3.63, 3.8) is 0 Å². The van der Waals surface area contributed by atoms with Crippen LogP contribution in [0.2, 0.25) is 0 Å². The molecule has 0 unspecified atom stereocenters. The first-order chi connectivity index (χ1) is 14.9. The number of aryl methyl sites for hydroxylation is 1. The van der Waals surface area contributed by atoms with Gasteiger partial charge in [-0.05, 0) is 42.8 Å². The predicted octanol–water partition coefficient (Wildman–Crippen LogP) is 6.16. The van der Waals surface area contributed by atoms with Gasteiger partial charge in [0.25, 0.3) is 0 Å². The molecule has 31 heavy (non-hydrogen) atoms. The molecule has 4 rings (SSSR count). The van der Waals surface area contributed by atoms with Crippen LogP contribution in [0.5, 0.6) is 5.75 Å². The number of benzene rings is 2. The zero-order chi connectivity index (χ0) is 21.8. The lowest BCUT2D eigenvalue weighted by Crippen LogP contribution is -2.16. The zero-order valence-corrected chi connectivity index (χ0v) is 16.4. The molecule has 8 heteroatoms. The molecule has 5 nitrogen and oxygen atoms in total. The summed E-state index contributed by atoms with van der Waals surface area (Å²) < 4.78 is 40.8. The Morgan fingerprint density at radius 3 is 2.23 bits per heavy atom. The number of rotatable bonds is 5. The van der Waals surface area contributed by atoms with Gasteiger partial charge in [0.05, 0.1) is 5.69 Å². The summed E-state index contributed by atoms with van der Waals surface area (Å²) in [6.45, 7) is 1.77. The lowest BCUT2D eigenvalue weighted by Gasteiger charge is -2.11. The van der Waals surface area contributed by atoms with Crippen LogP contribution < -0.4 is 10.1 Å². The van der Waals surface area contributed by atoms with Gasteiger partial charge in [-0.2, -0.15) is 0 Å². The third kappa shape index (κ3) is 5.36. The van der Waals surface area contributed by atoms with Crippen molar-refractivity contribution in [1.82, 2.24) is 15.0 Å². The van der Waals surface area contributed by atoms with Crippen molar-refractivity contribution in [2.75, 3.05) is 5.32 Å². The summed E-state index contributed by atoms with van der Waals surface area (Å²) >= 11 is 0. The number of nitrogens with one attached hydrogen (secondary N) is 1. The second kappa shape index (κ2) is 8.43. The first kappa shape index (κ1) is 20.3. The van der Waals surface area contributed by atoms with Crippen molar-refractivity contribution in [2.24, 2.45) is 0 Å². The maximum Gasteiger partial charge on any atom is 0.573 e. The van der Waals surface area contributed by atoms with Crippen molar-refractivity contribution in [1.29, 1.82) is 0 Å². The minimum Gasteiger partial charge on any atom is -0.406 e. The van der Waals surface area contributed by atoms with Crippen molar-refractivity contribution in [3.05, 3.63) is 84.9 Å². The van der Waals surface area contributed by atoms with Crippen LogP contribution in [0.3, 0.4) is 0 Å². The summed E-state index contributed by atoms with van der Waals surface area (Å²) in [6, 6.07) is 19.1. The number of anilines is 2. The minimum atomic E-state index is -4.73. The smallest absolute Gasteiger partial charge is 0.406 e. The first-order valence-corrected chi connectivity index (χ1v) is 9.35. The Balaban J connectivity index is 1.58. The van der Waals surface area contributed by atoms with Crippen LogP contribution >= 0.6 is 0 Å². The third-order valence-electron chi connectivity index (χ3n) is 4.34. The van der Waals surface area contributed by atoms with E-state index in [0.29, 0.717) is 23.0 Å². The maximum atomic E-state index is 12.3. The summed E-state index contributed by atoms with van der Waals surface area (Å²) in [6.07, 6.45) is -1.21. The van der Waals surface area contributed by atoms with Crippen LogP contribution in [0.4, 0.5) is 24.7 Å². The lowest BCUT2D eigenvalue weighted by molar-refractivity contribution is -0.274. The van der Waals surface area contributed by atoms with Crippen LogP contribution in [-0.2, 0) is 0 Å². The van der Waals surface area contributed by atoms with E-state index in [0.717, 1.165) is 16.7 Å². The molecule has 0 saturated carbocycles. The number of hydrogen-bond acceptors (Lipinski definition) is 5. The van der Waals surface area contributed by atoms with Crippen molar-refractivity contribution >= 4 is 11.5 Å². The number of halogens is 3. The number of nitrogens with zero attached hydrogens (tertiary/aromatic N) is 3. The van der Waals surface area contributed by atoms with E-state index in [1.54, 1.807) is 25.4 Å². The molecule has 0 radical (unpaired) electrons. The molecule has 2 aromatic carbocycles. The van der Waals surface area contributed by atoms with Crippen LogP contribution in [0.1, 0.15) is 5.82 Å². The van der Waals surface area contributed by atoms with Gasteiger partial charge in [-0.1, -0.05) is 30.3 Å². The molecule has 0 spiro atoms. The summed E-state index contributed by atoms with van der Waals surface area (Å²) in [7, 11) is 0. The van der Waals surface area contributed by atoms with E-state index < -0.39 is 6.36 Å². The van der Waals surface area contributed by atoms with Crippen LogP contribution in [0.25, 0.3) is 22.4 Å². The monoisotopic (exact) mass is 422 g/mol. The van der Waals surface area contributed by atoms with Gasteiger partial charge in [-0.15, -0.1) is 13.2 Å². The molecule has 4 aromatic rings. The van der Waals surface area contributed by atoms with Crippen LogP contribution in [0.15, 0.2) is 79.1 Å². The maximum absolute atomic E-state index is 12.3. The fourth-order valence-corrected chi connectivity index (χ4v) is 3.04. The van der Waals surface area contributed by atoms with Crippen LogP contribution in [0, 0.1) is 6.92 Å². The van der Waals surface area contributed by atoms with Crippen molar-refractivity contribution in [3.8, 4) is 28.1 Å². The average Bonchev–Trinajstić information content (AvgIpc) is 2.74. The van der Waals surface area contributed by atoms with Gasteiger partial charge in [0.1, 0.15) is 17.4 Å². The van der Waals surface area contributed by atoms with E-state index in [9.17, 15) is 13.2 Å². The average molecular weight is 422 g/mol. The number of alkyl halides is 3. The molecule has 0 aliphatic rings. The number of ether oxygens (including phenoxy) is 1. The number of aromatic nitrogens is 3. The van der Waals surface area contributed by atoms with Gasteiger partial charge >= 0.3 is 6.36 Å². The normalized spacial score (nSPS) is 11.2. The molecular formula is C23H17F3N4O. The van der Waals surface area contributed by atoms with E-state index in [1.165, 1.54) is 24.3 Å². The Labute approximate surface area is 176 Å². The van der Waals surface area contributed by atoms with E-state index in [-0.39, 0.29) is 5.75 Å². The lowest BCUT2D eigenvalue weighted by atomic mass is 10.0. The molecule has 2 heterocycles. The molecule has 1 N–H and O–H groups in total. The van der Waals surface area contributed by atoms with E-state index in [2.05, 4.69) is 25.0 Å². The third-order valence-corrected chi connectivity index (χ3v) is 4.34. The quantitative estimate of drug-likeness (QED) is 0.418. The highest BCUT2D eigenvalue weighted by Gasteiger charge is 2.30. The van der Waals surface area contributed by atoms with E-state index >= 15 is 0 Å². The van der Waals surface area contributed by atoms with E-state index in [4.69, 9.17) is 0 Å². The summed E-state index contributed by atoms with van der Waals surface area (Å²) in [4.78, 5) is 13.2. The highest BCUT2D eigenvalue weighted by molar-refractivity contribution is 5.71. The summed E-state index contributed by atoms with van der Waals surface area (Å²) in [5.74, 6) is 0.764. The molecule has 2 aromatic heterocycles. The molecular weight excluding hydrogens is 405 g/mol. The fourth-order valence-electron chi connectivity index (χ4n) is 3.04. The van der Waals surface area contributed by atoms with Crippen molar-refractivity contribution in [2.45, 2.75) is 13.3 Å². The Bertz CT molecular complexity index is 1180. The molecule has 0 saturated heterocycles. The Morgan fingerprint density at radius 2 is 1.52 bits per heavy atom. The standard InChI is InChI=1S/C23H17F3N4O/c1-15-28-21(18-11-17(13-27-14-18)16-5-3-2-4-6-16)12-22(29-15)30-19-7-9-20(10-8-19)31-23(24,25)26/h2-14H,1H3,(H,28,29,30). The highest BCUT2D eigenvalue weighted by Crippen LogP contribution is 2.28. The van der Waals surface area contributed by atoms with Crippen molar-refractivity contribution < 1.29 is 17.9 Å². The first-order valence-electron chi connectivity index (χ1n) is 9.35. The molecule has 0 amide bonds. The molecule has 0 aliphatic carbocycles. The molecule has 0 bridgehead atoms. The minimum absolute atomic E-state index is 0.290. The van der Waals surface area contributed by atoms with Gasteiger partial charge < -0.3 is 10.1 Å². The molecule has 0 fully saturated rings. The highest BCUT2D eigenvalue weighted by atomic mass is 19.4. The van der Waals surface area contributed by atoms with Gasteiger partial charge in [0.15, 0.2) is 0 Å². The Kier molecular flexibility index (Phi) is 5.53. The van der Waals surface area contributed by atoms with Gasteiger partial charge in [-0.3, -0.25) is 4.98 Å². The SMILES string of the molecule is Cc1nc(Nc2ccc(OC(F)(F)F)cc2)cc(-c2cncc(-c3ccccc3)c2)n1. The number of pyridine rings is 1. The summed E-state index contributed by atoms with van der Waals surface area (Å²) in [5.41, 5.74) is 4.07.